The molecule has 6 atom stereocenters. The number of phenols is 1. The van der Waals surface area contributed by atoms with Gasteiger partial charge < -0.3 is 36.6 Å². The van der Waals surface area contributed by atoms with Crippen LogP contribution in [-0.4, -0.2) is 84.7 Å². The fraction of sp³-hybridized carbons (Fsp3) is 0.312. The maximum atomic E-state index is 14.2. The Hall–Kier alpha value is -4.56. The fourth-order valence-electron chi connectivity index (χ4n) is 7.15. The molecule has 0 aliphatic heterocycles. The van der Waals surface area contributed by atoms with Crippen molar-refractivity contribution in [1.82, 2.24) is 9.88 Å². The number of aromatic nitrogens is 1. The van der Waals surface area contributed by atoms with Gasteiger partial charge in [0, 0.05) is 21.9 Å². The number of primary amides is 1. The van der Waals surface area contributed by atoms with Crippen molar-refractivity contribution in [3.05, 3.63) is 75.4 Å². The van der Waals surface area contributed by atoms with Crippen molar-refractivity contribution >= 4 is 45.4 Å². The lowest BCUT2D eigenvalue weighted by Crippen LogP contribution is -2.70. The predicted molar refractivity (Wildman–Crippen MR) is 166 cm³/mol. The number of hydrogen-bond acceptors (Lipinski definition) is 12. The molecule has 234 valence electrons. The van der Waals surface area contributed by atoms with Crippen LogP contribution in [0.2, 0.25) is 0 Å². The summed E-state index contributed by atoms with van der Waals surface area (Å²) in [7, 11) is 2.92. The highest BCUT2D eigenvalue weighted by molar-refractivity contribution is 7.16. The number of Topliss-reactive ketones (excluding diaryl/α,β-unsaturated/α-hetero) is 2. The molecule has 8 N–H and O–H groups in total. The van der Waals surface area contributed by atoms with Gasteiger partial charge in [0.2, 0.25) is 5.78 Å². The zero-order chi connectivity index (χ0) is 32.7. The quantitative estimate of drug-likeness (QED) is 0.161. The van der Waals surface area contributed by atoms with E-state index in [0.717, 1.165) is 16.1 Å². The number of carbonyl (C=O) groups excluding carboxylic acids is 3. The van der Waals surface area contributed by atoms with E-state index in [-0.39, 0.29) is 11.3 Å². The number of phenolic OH excluding ortho intramolecular Hbond substituents is 1. The highest BCUT2D eigenvalue weighted by Gasteiger charge is 2.68. The van der Waals surface area contributed by atoms with Gasteiger partial charge in [-0.25, -0.2) is 4.98 Å². The maximum Gasteiger partial charge on any atom is 0.255 e. The van der Waals surface area contributed by atoms with E-state index in [0.29, 0.717) is 10.7 Å². The monoisotopic (exact) mass is 632 g/mol. The number of fused-ring (bicyclic) bond motifs is 3. The third-order valence-corrected chi connectivity index (χ3v) is 10.1. The van der Waals surface area contributed by atoms with E-state index in [9.17, 15) is 39.9 Å². The average molecular weight is 633 g/mol. The molecule has 0 saturated heterocycles. The third kappa shape index (κ3) is 4.22. The summed E-state index contributed by atoms with van der Waals surface area (Å²) in [6, 6.07) is 11.4. The summed E-state index contributed by atoms with van der Waals surface area (Å²) in [6.45, 7) is 3.60. The van der Waals surface area contributed by atoms with Crippen molar-refractivity contribution in [2.24, 2.45) is 17.6 Å². The molecule has 0 bridgehead atoms. The molecule has 1 saturated carbocycles. The van der Waals surface area contributed by atoms with E-state index in [1.807, 2.05) is 37.3 Å². The first kappa shape index (κ1) is 30.5. The van der Waals surface area contributed by atoms with Gasteiger partial charge in [0.05, 0.1) is 35.0 Å². The molecule has 45 heavy (non-hydrogen) atoms. The first-order valence-electron chi connectivity index (χ1n) is 14.2. The number of rotatable bonds is 5. The lowest BCUT2D eigenvalue weighted by molar-refractivity contribution is -0.169. The molecule has 6 rings (SSSR count). The molecule has 0 spiro atoms. The Morgan fingerprint density at radius 2 is 1.76 bits per heavy atom. The van der Waals surface area contributed by atoms with Crippen LogP contribution in [0, 0.1) is 18.8 Å². The van der Waals surface area contributed by atoms with Crippen LogP contribution in [0.15, 0.2) is 59.4 Å². The van der Waals surface area contributed by atoms with Crippen molar-refractivity contribution in [1.29, 1.82) is 0 Å². The first-order chi connectivity index (χ1) is 21.2. The van der Waals surface area contributed by atoms with Crippen LogP contribution in [0.4, 0.5) is 10.8 Å². The number of anilines is 2. The Kier molecular flexibility index (Phi) is 7.12. The number of nitrogens with one attached hydrogen (secondary N) is 1. The molecular weight excluding hydrogens is 600 g/mol. The zero-order valence-electron chi connectivity index (χ0n) is 24.8. The number of aliphatic hydroxyl groups excluding tert-OH is 3. The Bertz CT molecular complexity index is 1850. The minimum absolute atomic E-state index is 0.104. The van der Waals surface area contributed by atoms with Gasteiger partial charge >= 0.3 is 0 Å². The number of nitrogens with zero attached hydrogens (tertiary/aromatic N) is 2. The van der Waals surface area contributed by atoms with Gasteiger partial charge in [-0.1, -0.05) is 43.3 Å². The highest BCUT2D eigenvalue weighted by Crippen LogP contribution is 2.56. The number of amides is 1. The summed E-state index contributed by atoms with van der Waals surface area (Å²) in [4.78, 5) is 46.6. The second-order valence-electron chi connectivity index (χ2n) is 11.9. The van der Waals surface area contributed by atoms with Crippen molar-refractivity contribution < 1.29 is 39.9 Å². The van der Waals surface area contributed by atoms with E-state index in [4.69, 9.17) is 5.73 Å². The van der Waals surface area contributed by atoms with E-state index < -0.39 is 81.4 Å². The van der Waals surface area contributed by atoms with E-state index in [2.05, 4.69) is 10.3 Å². The molecule has 3 aromatic rings. The van der Waals surface area contributed by atoms with Crippen molar-refractivity contribution in [2.45, 2.75) is 37.5 Å². The van der Waals surface area contributed by atoms with Crippen LogP contribution >= 0.6 is 11.3 Å². The van der Waals surface area contributed by atoms with Gasteiger partial charge in [0.1, 0.15) is 22.8 Å². The molecule has 0 radical (unpaired) electrons. The normalized spacial score (nSPS) is 27.8. The van der Waals surface area contributed by atoms with Crippen LogP contribution in [0.25, 0.3) is 17.0 Å². The smallest absolute Gasteiger partial charge is 0.255 e. The van der Waals surface area contributed by atoms with E-state index >= 15 is 0 Å². The van der Waals surface area contributed by atoms with Crippen LogP contribution in [0.1, 0.15) is 28.8 Å². The number of likely N-dealkylation sites (N-methyl/N-ethyl adjacent to an activating group) is 1. The van der Waals surface area contributed by atoms with Crippen molar-refractivity contribution in [3.8, 4) is 17.0 Å². The van der Waals surface area contributed by atoms with Crippen molar-refractivity contribution in [3.63, 3.8) is 0 Å². The Morgan fingerprint density at radius 3 is 2.38 bits per heavy atom. The van der Waals surface area contributed by atoms with Crippen molar-refractivity contribution in [2.75, 3.05) is 19.4 Å². The maximum absolute atomic E-state index is 14.2. The number of aliphatic hydroxyl groups is 4. The number of thiazole rings is 1. The first-order valence-corrected chi connectivity index (χ1v) is 15.0. The second kappa shape index (κ2) is 10.5. The van der Waals surface area contributed by atoms with Crippen LogP contribution < -0.4 is 11.1 Å². The van der Waals surface area contributed by atoms with Gasteiger partial charge in [-0.3, -0.25) is 19.3 Å². The molecule has 1 fully saturated rings. The minimum atomic E-state index is -2.97. The molecule has 12 nitrogen and oxygen atoms in total. The van der Waals surface area contributed by atoms with Gasteiger partial charge in [-0.2, -0.15) is 0 Å². The summed E-state index contributed by atoms with van der Waals surface area (Å²) in [5, 5.41) is 61.2. The lowest BCUT2D eigenvalue weighted by Gasteiger charge is -2.53. The molecule has 1 aromatic heterocycles. The van der Waals surface area contributed by atoms with E-state index in [1.54, 1.807) is 19.1 Å². The average Bonchev–Trinajstić information content (AvgIpc) is 3.35. The number of aryl methyl sites for hydroxylation is 1. The van der Waals surface area contributed by atoms with E-state index in [1.165, 1.54) is 30.3 Å². The van der Waals surface area contributed by atoms with Crippen LogP contribution in [0.3, 0.4) is 0 Å². The summed E-state index contributed by atoms with van der Waals surface area (Å²) in [6.07, 6.45) is -1.66. The SMILES string of the molecule is Cc1sc(Nc2ccc3c(c2O)C(O)=C2C(=O)[C@]4(O)C(O)=C(C(N)=O)C(=O)[C@H](N(C)C)[C@@H]4[C@H](O)[C@H]2[C@@H]3C)nc1-c1ccccc1. The fourth-order valence-corrected chi connectivity index (χ4v) is 7.99. The molecule has 1 heterocycles. The summed E-state index contributed by atoms with van der Waals surface area (Å²) in [5.74, 6) is -9.37. The van der Waals surface area contributed by atoms with Crippen LogP contribution in [-0.2, 0) is 14.4 Å². The minimum Gasteiger partial charge on any atom is -0.508 e. The molecule has 3 aliphatic rings. The number of benzene rings is 2. The Morgan fingerprint density at radius 1 is 1.09 bits per heavy atom. The number of carbonyl (C=O) groups is 3. The Labute approximate surface area is 261 Å². The number of hydrogen-bond donors (Lipinski definition) is 7. The molecule has 2 aromatic carbocycles. The zero-order valence-corrected chi connectivity index (χ0v) is 25.6. The summed E-state index contributed by atoms with van der Waals surface area (Å²) in [5.41, 5.74) is 3.15. The number of nitrogens with two attached hydrogens (primary N) is 1. The topological polar surface area (TPSA) is 207 Å². The van der Waals surface area contributed by atoms with Gasteiger partial charge in [-0.05, 0) is 38.6 Å². The summed E-state index contributed by atoms with van der Waals surface area (Å²) < 4.78 is 0. The Balaban J connectivity index is 1.48. The second-order valence-corrected chi connectivity index (χ2v) is 13.1. The standard InChI is InChI=1S/C32H32N4O8S/c1-12-15-10-11-16(34-31-35-22(13(2)45-31)14-8-6-5-7-9-14)24(37)18(15)25(38)19-17(12)26(39)21-23(36(3)4)27(40)20(30(33)43)29(42)32(21,44)28(19)41/h5-12,17,21,23,26,37-39,42,44H,1-4H3,(H2,33,43)(H,34,35)/t12-,17+,21-,23-,26-,32+/m1/s1. The summed E-state index contributed by atoms with van der Waals surface area (Å²) >= 11 is 1.36. The van der Waals surface area contributed by atoms with Gasteiger partial charge in [0.15, 0.2) is 16.5 Å². The molecule has 13 heteroatoms. The van der Waals surface area contributed by atoms with Gasteiger partial charge in [-0.15, -0.1) is 11.3 Å². The molecule has 1 amide bonds. The van der Waals surface area contributed by atoms with Gasteiger partial charge in [0.25, 0.3) is 5.91 Å². The van der Waals surface area contributed by atoms with Crippen LogP contribution in [0.5, 0.6) is 5.75 Å². The molecular formula is C32H32N4O8S. The molecule has 0 unspecified atom stereocenters. The highest BCUT2D eigenvalue weighted by atomic mass is 32.1. The predicted octanol–water partition coefficient (Wildman–Crippen LogP) is 2.67. The number of ketones is 2. The largest absolute Gasteiger partial charge is 0.508 e. The molecule has 3 aliphatic carbocycles. The number of aromatic hydroxyl groups is 1. The third-order valence-electron chi connectivity index (χ3n) is 9.21. The lowest BCUT2D eigenvalue weighted by atomic mass is 9.54.